The summed E-state index contributed by atoms with van der Waals surface area (Å²) in [5.41, 5.74) is 0. The van der Waals surface area contributed by atoms with Gasteiger partial charge >= 0.3 is 35.9 Å². The zero-order valence-electron chi connectivity index (χ0n) is 2.64. The molecule has 0 radical (unpaired) electrons. The molecule has 32 valence electrons. The van der Waals surface area contributed by atoms with Crippen LogP contribution >= 0.6 is 0 Å². The topological polar surface area (TPSA) is 42.1 Å². The van der Waals surface area contributed by atoms with Gasteiger partial charge in [-0.2, -0.15) is 0 Å². The van der Waals surface area contributed by atoms with Gasteiger partial charge in [0.05, 0.1) is 0 Å². The van der Waals surface area contributed by atoms with Crippen LogP contribution in [0.1, 0.15) is 0 Å². The average Bonchev–Trinajstić information content (AvgIpc) is 2.19. The summed E-state index contributed by atoms with van der Waals surface area (Å²) in [7, 11) is 0. The molecule has 6 heavy (non-hydrogen) atoms. The van der Waals surface area contributed by atoms with Crippen molar-refractivity contribution in [3.8, 4) is 0 Å². The number of hydrogen-bond acceptors (Lipinski definition) is 3. The Morgan fingerprint density at radius 3 is 1.50 bits per heavy atom. The molecule has 0 spiro atoms. The molecule has 0 atom stereocenters. The van der Waals surface area contributed by atoms with E-state index in [1.165, 1.54) is 0 Å². The monoisotopic (exact) mass is 134 g/mol. The van der Waals surface area contributed by atoms with Gasteiger partial charge in [-0.15, -0.1) is 0 Å². The molecule has 0 N–H and O–H groups in total. The summed E-state index contributed by atoms with van der Waals surface area (Å²) in [4.78, 5) is 0. The average molecular weight is 134 g/mol. The summed E-state index contributed by atoms with van der Waals surface area (Å²) in [5.74, 6) is 0. The molecule has 3 nitrogen and oxygen atoms in total. The molecule has 0 aromatic carbocycles. The van der Waals surface area contributed by atoms with Crippen molar-refractivity contribution in [2.24, 2.45) is 0 Å². The predicted octanol–water partition coefficient (Wildman–Crippen LogP) is -2.74. The van der Waals surface area contributed by atoms with Crippen LogP contribution in [0, 0.1) is 0 Å². The molecule has 0 unspecified atom stereocenters. The molecule has 1 aliphatic rings. The van der Waals surface area contributed by atoms with E-state index < -0.39 is 0 Å². The zero-order valence-corrected chi connectivity index (χ0v) is 5.47. The second-order valence-corrected chi connectivity index (χ2v) is 1.06. The SMILES string of the molecule is [AlH3].[O]1[O][AlH]1.[O]=[AlH]. The fourth-order valence-corrected chi connectivity index (χ4v) is 0. The van der Waals surface area contributed by atoms with Crippen molar-refractivity contribution in [2.45, 2.75) is 0 Å². The van der Waals surface area contributed by atoms with E-state index in [9.17, 15) is 0 Å². The van der Waals surface area contributed by atoms with Crippen LogP contribution in [0.25, 0.3) is 0 Å². The van der Waals surface area contributed by atoms with Gasteiger partial charge in [0.2, 0.25) is 0 Å². The van der Waals surface area contributed by atoms with Crippen molar-refractivity contribution in [3.63, 3.8) is 0 Å². The van der Waals surface area contributed by atoms with Crippen LogP contribution in [-0.2, 0) is 11.7 Å². The van der Waals surface area contributed by atoms with Crippen LogP contribution in [0.2, 0.25) is 0 Å². The molecular weight excluding hydrogens is 129 g/mol. The van der Waals surface area contributed by atoms with E-state index in [-0.39, 0.29) is 33.2 Å². The summed E-state index contributed by atoms with van der Waals surface area (Å²) >= 11 is 0.278. The summed E-state index contributed by atoms with van der Waals surface area (Å²) in [6.45, 7) is 0. The fourth-order valence-electron chi connectivity index (χ4n) is 0. The van der Waals surface area contributed by atoms with Crippen molar-refractivity contribution in [1.82, 2.24) is 0 Å². The second-order valence-electron chi connectivity index (χ2n) is 0.354. The Kier molecular flexibility index (Phi) is 16.5. The third-order valence-electron chi connectivity index (χ3n) is 0.118. The van der Waals surface area contributed by atoms with Crippen molar-refractivity contribution < 1.29 is 11.7 Å². The molecule has 6 heteroatoms. The van der Waals surface area contributed by atoms with Gasteiger partial charge in [-0.05, 0) is 0 Å². The molecule has 0 aromatic rings. The first-order valence-electron chi connectivity index (χ1n) is 1.03. The van der Waals surface area contributed by atoms with E-state index in [1.54, 1.807) is 0 Å². The van der Waals surface area contributed by atoms with Gasteiger partial charge in [0.1, 0.15) is 0 Å². The second kappa shape index (κ2) is 9.58. The van der Waals surface area contributed by atoms with Gasteiger partial charge in [-0.3, -0.25) is 0 Å². The van der Waals surface area contributed by atoms with Crippen LogP contribution in [0.15, 0.2) is 0 Å². The molecule has 1 heterocycles. The maximum atomic E-state index is 8.28. The summed E-state index contributed by atoms with van der Waals surface area (Å²) in [6, 6.07) is 0. The first-order valence-corrected chi connectivity index (χ1v) is 2.76. The van der Waals surface area contributed by atoms with Crippen LogP contribution < -0.4 is 0 Å². The van der Waals surface area contributed by atoms with Crippen LogP contribution in [0.4, 0.5) is 0 Å². The van der Waals surface area contributed by atoms with Crippen molar-refractivity contribution >= 4 is 49.5 Å². The molecule has 0 saturated carbocycles. The Morgan fingerprint density at radius 2 is 1.50 bits per heavy atom. The summed E-state index contributed by atoms with van der Waals surface area (Å²) in [6.07, 6.45) is 0. The minimum absolute atomic E-state index is 0. The van der Waals surface area contributed by atoms with Crippen LogP contribution in [0.3, 0.4) is 0 Å². The van der Waals surface area contributed by atoms with Crippen LogP contribution in [-0.4, -0.2) is 49.5 Å². The van der Waals surface area contributed by atoms with Gasteiger partial charge in [0.15, 0.2) is 17.4 Å². The van der Waals surface area contributed by atoms with Gasteiger partial charge in [-0.25, -0.2) is 0 Å². The first kappa shape index (κ1) is 10.3. The maximum absolute atomic E-state index is 8.28. The third kappa shape index (κ3) is 18.5. The summed E-state index contributed by atoms with van der Waals surface area (Å²) in [5, 5.41) is 0. The van der Waals surface area contributed by atoms with Gasteiger partial charge < -0.3 is 7.88 Å². The Hall–Kier alpha value is 1.32. The van der Waals surface area contributed by atoms with E-state index in [0.717, 1.165) is 0 Å². The van der Waals surface area contributed by atoms with Gasteiger partial charge in [0, 0.05) is 0 Å². The quantitative estimate of drug-likeness (QED) is 0.205. The van der Waals surface area contributed by atoms with Crippen molar-refractivity contribution in [3.05, 3.63) is 0 Å². The fraction of sp³-hybridized carbons (Fsp3) is 0. The molecular formula is H5Al3O3. The number of hydrogen-bond donors (Lipinski definition) is 0. The van der Waals surface area contributed by atoms with Crippen LogP contribution in [0.5, 0.6) is 0 Å². The van der Waals surface area contributed by atoms with Crippen molar-refractivity contribution in [1.29, 1.82) is 0 Å². The van der Waals surface area contributed by atoms with E-state index >= 15 is 0 Å². The Bertz CT molecular complexity index is 17.2. The molecule has 0 aliphatic carbocycles. The zero-order chi connectivity index (χ0) is 4.12. The Labute approximate surface area is 61.1 Å². The van der Waals surface area contributed by atoms with Gasteiger partial charge in [0.25, 0.3) is 0 Å². The Balaban J connectivity index is 0. The van der Waals surface area contributed by atoms with Crippen molar-refractivity contribution in [2.75, 3.05) is 0 Å². The first-order chi connectivity index (χ1) is 2.50. The minimum atomic E-state index is -0.333. The van der Waals surface area contributed by atoms with E-state index in [4.69, 9.17) is 3.80 Å². The van der Waals surface area contributed by atoms with E-state index in [2.05, 4.69) is 7.88 Å². The normalized spacial score (nSPS) is 11.2. The molecule has 0 bridgehead atoms. The summed E-state index contributed by atoms with van der Waals surface area (Å²) < 4.78 is 16.6. The molecule has 1 fully saturated rings. The predicted molar refractivity (Wildman–Crippen MR) is 27.1 cm³/mol. The molecule has 1 aliphatic heterocycles. The van der Waals surface area contributed by atoms with E-state index in [0.29, 0.717) is 16.2 Å². The van der Waals surface area contributed by atoms with Gasteiger partial charge in [-0.1, -0.05) is 0 Å². The molecule has 1 rings (SSSR count). The Morgan fingerprint density at radius 1 is 1.33 bits per heavy atom. The third-order valence-corrected chi connectivity index (χ3v) is 0.354. The molecule has 1 saturated heterocycles. The molecule has 0 aromatic heterocycles. The molecule has 0 amide bonds. The van der Waals surface area contributed by atoms with E-state index in [1.807, 2.05) is 0 Å². The standard InChI is InChI=1S/3Al.O2.O.5H/c;;;1-2;;;;;;/q;;+2;-2;;;;;;. The number of rotatable bonds is 0.